The lowest BCUT2D eigenvalue weighted by atomic mass is 10.3. The standard InChI is InChI=1S/C14H16N4O/c1-3-9-7-13(18(4-2)17-9)14-15-11-6-5-10(19)8-12(11)16-14/h5-8,19H,3-4H2,1-2H3,(H,15,16). The van der Waals surface area contributed by atoms with Crippen molar-refractivity contribution < 1.29 is 5.11 Å². The first kappa shape index (κ1) is 11.8. The van der Waals surface area contributed by atoms with Crippen LogP contribution in [-0.4, -0.2) is 24.9 Å². The van der Waals surface area contributed by atoms with Crippen LogP contribution in [-0.2, 0) is 13.0 Å². The van der Waals surface area contributed by atoms with Crippen LogP contribution in [0.2, 0.25) is 0 Å². The van der Waals surface area contributed by atoms with Gasteiger partial charge in [0, 0.05) is 12.6 Å². The predicted octanol–water partition coefficient (Wildman–Crippen LogP) is 2.71. The van der Waals surface area contributed by atoms with Crippen LogP contribution in [0.25, 0.3) is 22.6 Å². The average Bonchev–Trinajstić information content (AvgIpc) is 3.00. The third-order valence-electron chi connectivity index (χ3n) is 3.20. The van der Waals surface area contributed by atoms with Crippen molar-refractivity contribution in [3.05, 3.63) is 30.0 Å². The zero-order valence-corrected chi connectivity index (χ0v) is 11.0. The number of hydrogen-bond acceptors (Lipinski definition) is 3. The van der Waals surface area contributed by atoms with Gasteiger partial charge in [-0.2, -0.15) is 5.10 Å². The molecule has 5 heteroatoms. The Hall–Kier alpha value is -2.30. The molecule has 0 aliphatic rings. The second kappa shape index (κ2) is 4.42. The van der Waals surface area contributed by atoms with Gasteiger partial charge in [0.2, 0.25) is 0 Å². The number of phenols is 1. The summed E-state index contributed by atoms with van der Waals surface area (Å²) in [5.41, 5.74) is 3.71. The average molecular weight is 256 g/mol. The maximum absolute atomic E-state index is 9.49. The number of aromatic amines is 1. The number of aromatic hydroxyl groups is 1. The summed E-state index contributed by atoms with van der Waals surface area (Å²) in [6, 6.07) is 7.18. The summed E-state index contributed by atoms with van der Waals surface area (Å²) in [6.45, 7) is 4.95. The van der Waals surface area contributed by atoms with Crippen LogP contribution in [0.15, 0.2) is 24.3 Å². The van der Waals surface area contributed by atoms with E-state index < -0.39 is 0 Å². The second-order valence-corrected chi connectivity index (χ2v) is 4.48. The highest BCUT2D eigenvalue weighted by Crippen LogP contribution is 2.24. The first-order chi connectivity index (χ1) is 9.21. The lowest BCUT2D eigenvalue weighted by Crippen LogP contribution is -2.00. The molecule has 0 radical (unpaired) electrons. The molecule has 0 aliphatic carbocycles. The highest BCUT2D eigenvalue weighted by Gasteiger charge is 2.12. The number of phenolic OH excluding ortho intramolecular Hbond substituents is 1. The molecule has 2 aromatic heterocycles. The van der Waals surface area contributed by atoms with Gasteiger partial charge in [-0.1, -0.05) is 6.92 Å². The van der Waals surface area contributed by atoms with Gasteiger partial charge in [-0.05, 0) is 31.5 Å². The number of hydrogen-bond donors (Lipinski definition) is 2. The lowest BCUT2D eigenvalue weighted by molar-refractivity contribution is 0.476. The van der Waals surface area contributed by atoms with Crippen molar-refractivity contribution in [2.24, 2.45) is 0 Å². The molecule has 98 valence electrons. The molecule has 0 spiro atoms. The Bertz CT molecular complexity index is 726. The number of benzene rings is 1. The van der Waals surface area contributed by atoms with Gasteiger partial charge in [0.25, 0.3) is 0 Å². The number of rotatable bonds is 3. The molecule has 0 saturated heterocycles. The van der Waals surface area contributed by atoms with Crippen LogP contribution in [0.3, 0.4) is 0 Å². The molecule has 0 fully saturated rings. The molecule has 0 aliphatic heterocycles. The van der Waals surface area contributed by atoms with Crippen LogP contribution in [0.1, 0.15) is 19.5 Å². The van der Waals surface area contributed by atoms with Gasteiger partial charge in [-0.25, -0.2) is 4.98 Å². The van der Waals surface area contributed by atoms with Gasteiger partial charge >= 0.3 is 0 Å². The van der Waals surface area contributed by atoms with E-state index in [2.05, 4.69) is 35.0 Å². The summed E-state index contributed by atoms with van der Waals surface area (Å²) in [7, 11) is 0. The number of H-pyrrole nitrogens is 1. The van der Waals surface area contributed by atoms with Crippen molar-refractivity contribution in [3.8, 4) is 17.3 Å². The zero-order chi connectivity index (χ0) is 13.4. The fourth-order valence-electron chi connectivity index (χ4n) is 2.19. The quantitative estimate of drug-likeness (QED) is 0.757. The third kappa shape index (κ3) is 1.97. The maximum atomic E-state index is 9.49. The van der Waals surface area contributed by atoms with E-state index in [0.29, 0.717) is 0 Å². The van der Waals surface area contributed by atoms with E-state index in [1.807, 2.05) is 4.68 Å². The first-order valence-electron chi connectivity index (χ1n) is 6.47. The molecule has 2 N–H and O–H groups in total. The Labute approximate surface area is 110 Å². The summed E-state index contributed by atoms with van der Waals surface area (Å²) < 4.78 is 1.94. The zero-order valence-electron chi connectivity index (χ0n) is 11.0. The number of aryl methyl sites for hydroxylation is 2. The van der Waals surface area contributed by atoms with Crippen molar-refractivity contribution in [1.82, 2.24) is 19.7 Å². The largest absolute Gasteiger partial charge is 0.508 e. The van der Waals surface area contributed by atoms with Crippen molar-refractivity contribution in [1.29, 1.82) is 0 Å². The van der Waals surface area contributed by atoms with Gasteiger partial charge in [-0.3, -0.25) is 4.68 Å². The summed E-state index contributed by atoms with van der Waals surface area (Å²) in [6.07, 6.45) is 0.904. The SMILES string of the molecule is CCc1cc(-c2nc3ccc(O)cc3[nH]2)n(CC)n1. The van der Waals surface area contributed by atoms with E-state index in [1.54, 1.807) is 18.2 Å². The highest BCUT2D eigenvalue weighted by atomic mass is 16.3. The fourth-order valence-corrected chi connectivity index (χ4v) is 2.19. The molecule has 2 heterocycles. The molecule has 19 heavy (non-hydrogen) atoms. The van der Waals surface area contributed by atoms with Gasteiger partial charge in [0.1, 0.15) is 11.4 Å². The summed E-state index contributed by atoms with van der Waals surface area (Å²) in [5, 5.41) is 14.0. The Morgan fingerprint density at radius 1 is 1.26 bits per heavy atom. The molecule has 0 unspecified atom stereocenters. The number of aromatic nitrogens is 4. The number of imidazole rings is 1. The Kier molecular flexibility index (Phi) is 2.74. The van der Waals surface area contributed by atoms with E-state index in [4.69, 9.17) is 0 Å². The smallest absolute Gasteiger partial charge is 0.156 e. The molecular formula is C14H16N4O. The van der Waals surface area contributed by atoms with Gasteiger partial charge < -0.3 is 10.1 Å². The first-order valence-corrected chi connectivity index (χ1v) is 6.47. The van der Waals surface area contributed by atoms with E-state index in [0.717, 1.165) is 41.2 Å². The van der Waals surface area contributed by atoms with E-state index in [1.165, 1.54) is 0 Å². The molecule has 0 atom stereocenters. The van der Waals surface area contributed by atoms with Crippen LogP contribution in [0.4, 0.5) is 0 Å². The van der Waals surface area contributed by atoms with Gasteiger partial charge in [0.15, 0.2) is 5.82 Å². The summed E-state index contributed by atoms with van der Waals surface area (Å²) >= 11 is 0. The monoisotopic (exact) mass is 256 g/mol. The summed E-state index contributed by atoms with van der Waals surface area (Å²) in [4.78, 5) is 7.79. The second-order valence-electron chi connectivity index (χ2n) is 4.48. The third-order valence-corrected chi connectivity index (χ3v) is 3.20. The van der Waals surface area contributed by atoms with Crippen molar-refractivity contribution in [2.75, 3.05) is 0 Å². The maximum Gasteiger partial charge on any atom is 0.156 e. The molecule has 3 aromatic rings. The number of fused-ring (bicyclic) bond motifs is 1. The fraction of sp³-hybridized carbons (Fsp3) is 0.286. The lowest BCUT2D eigenvalue weighted by Gasteiger charge is -2.00. The van der Waals surface area contributed by atoms with Crippen LogP contribution >= 0.6 is 0 Å². The van der Waals surface area contributed by atoms with Crippen molar-refractivity contribution in [2.45, 2.75) is 26.8 Å². The van der Waals surface area contributed by atoms with Gasteiger partial charge in [0.05, 0.1) is 16.7 Å². The van der Waals surface area contributed by atoms with Crippen LogP contribution in [0.5, 0.6) is 5.75 Å². The molecule has 0 bridgehead atoms. The van der Waals surface area contributed by atoms with E-state index in [9.17, 15) is 5.11 Å². The molecule has 1 aromatic carbocycles. The minimum absolute atomic E-state index is 0.237. The minimum atomic E-state index is 0.237. The van der Waals surface area contributed by atoms with Gasteiger partial charge in [-0.15, -0.1) is 0 Å². The van der Waals surface area contributed by atoms with Crippen molar-refractivity contribution in [3.63, 3.8) is 0 Å². The highest BCUT2D eigenvalue weighted by molar-refractivity contribution is 5.80. The predicted molar refractivity (Wildman–Crippen MR) is 74.0 cm³/mol. The van der Waals surface area contributed by atoms with E-state index >= 15 is 0 Å². The van der Waals surface area contributed by atoms with Crippen LogP contribution in [0, 0.1) is 0 Å². The van der Waals surface area contributed by atoms with E-state index in [-0.39, 0.29) is 5.75 Å². The molecular weight excluding hydrogens is 240 g/mol. The number of nitrogens with zero attached hydrogens (tertiary/aromatic N) is 3. The van der Waals surface area contributed by atoms with Crippen LogP contribution < -0.4 is 0 Å². The normalized spacial score (nSPS) is 11.3. The summed E-state index contributed by atoms with van der Waals surface area (Å²) in [5.74, 6) is 1.02. The van der Waals surface area contributed by atoms with Crippen molar-refractivity contribution >= 4 is 11.0 Å². The molecule has 3 rings (SSSR count). The molecule has 0 amide bonds. The Morgan fingerprint density at radius 3 is 2.84 bits per heavy atom. The Balaban J connectivity index is 2.15. The molecule has 5 nitrogen and oxygen atoms in total. The number of nitrogens with one attached hydrogen (secondary N) is 1. The Morgan fingerprint density at radius 2 is 2.11 bits per heavy atom. The molecule has 0 saturated carbocycles. The minimum Gasteiger partial charge on any atom is -0.508 e. The topological polar surface area (TPSA) is 66.7 Å².